The van der Waals surface area contributed by atoms with Crippen molar-refractivity contribution in [1.82, 2.24) is 16.0 Å². The molecule has 112 heavy (non-hydrogen) atoms. The number of benzene rings is 1. The molecular weight excluding hydrogens is 1490 g/mol. The van der Waals surface area contributed by atoms with E-state index in [1.54, 1.807) is 0 Å². The van der Waals surface area contributed by atoms with Gasteiger partial charge in [0.1, 0.15) is 116 Å². The molecule has 0 aliphatic carbocycles. The Hall–Kier alpha value is -4.51. The highest BCUT2D eigenvalue weighted by molar-refractivity contribution is 5.77. The molecule has 0 saturated carbocycles. The van der Waals surface area contributed by atoms with Gasteiger partial charge in [0.05, 0.1) is 45.2 Å². The number of aliphatic carboxylic acids is 2. The normalized spacial score (nSPS) is 33.1. The van der Waals surface area contributed by atoms with Crippen molar-refractivity contribution in [2.45, 2.75) is 352 Å². The molecule has 5 fully saturated rings. The van der Waals surface area contributed by atoms with Gasteiger partial charge in [-0.15, -0.1) is 0 Å². The molecule has 28 atom stereocenters. The van der Waals surface area contributed by atoms with E-state index in [1.165, 1.54) is 56.9 Å². The average molecular weight is 1610 g/mol. The smallest absolute Gasteiger partial charge is 0.335 e. The van der Waals surface area contributed by atoms with E-state index in [4.69, 9.17) is 52.1 Å². The van der Waals surface area contributed by atoms with Crippen molar-refractivity contribution in [3.63, 3.8) is 0 Å². The molecule has 0 aromatic heterocycles. The predicted molar refractivity (Wildman–Crippen MR) is 388 cm³/mol. The molecule has 25 unspecified atom stereocenters. The Kier molecular flexibility index (Phi) is 44.4. The van der Waals surface area contributed by atoms with Crippen molar-refractivity contribution in [3.8, 4) is 0 Å². The van der Waals surface area contributed by atoms with Crippen LogP contribution in [0.15, 0.2) is 30.3 Å². The van der Waals surface area contributed by atoms with Crippen molar-refractivity contribution in [2.24, 2.45) is 0 Å². The van der Waals surface area contributed by atoms with Gasteiger partial charge in [0, 0.05) is 39.0 Å². The van der Waals surface area contributed by atoms with E-state index in [0.29, 0.717) is 51.5 Å². The minimum atomic E-state index is -2.32. The molecule has 0 bridgehead atoms. The quantitative estimate of drug-likeness (QED) is 0.0292. The van der Waals surface area contributed by atoms with Crippen molar-refractivity contribution >= 4 is 29.7 Å². The van der Waals surface area contributed by atoms with Gasteiger partial charge in [-0.2, -0.15) is 0 Å². The van der Waals surface area contributed by atoms with Crippen molar-refractivity contribution in [2.75, 3.05) is 52.7 Å². The third-order valence-corrected chi connectivity index (χ3v) is 20.8. The zero-order chi connectivity index (χ0) is 81.8. The lowest BCUT2D eigenvalue weighted by atomic mass is 9.95. The number of carboxylic acid groups (broad SMARTS) is 2. The molecule has 3 amide bonds. The monoisotopic (exact) mass is 1610 g/mol. The summed E-state index contributed by atoms with van der Waals surface area (Å²) in [5, 5.41) is 201. The van der Waals surface area contributed by atoms with Crippen LogP contribution in [-0.2, 0) is 82.5 Å². The van der Waals surface area contributed by atoms with Gasteiger partial charge in [-0.25, -0.2) is 9.59 Å². The highest BCUT2D eigenvalue weighted by Gasteiger charge is 2.57. The Morgan fingerprint density at radius 1 is 0.420 bits per heavy atom. The van der Waals surface area contributed by atoms with Crippen LogP contribution in [-0.4, -0.2) is 346 Å². The molecule has 0 spiro atoms. The third-order valence-electron chi connectivity index (χ3n) is 20.8. The number of unbranched alkanes of at least 4 members (excludes halogenated alkanes) is 18. The van der Waals surface area contributed by atoms with Crippen LogP contribution in [0.2, 0.25) is 0 Å². The predicted octanol–water partition coefficient (Wildman–Crippen LogP) is -2.85. The number of hydrogen-bond acceptors (Lipinski definition) is 32. The largest absolute Gasteiger partial charge is 0.479 e. The number of aryl methyl sites for hydroxylation is 1. The standard InChI is InChI=1S/C75H127N3O34/c1-2-3-4-5-6-7-8-9-10-11-12-21-30-44(81)51(85)43(78-50(84)33-22-14-13-18-27-42-28-19-17-20-29-42)40-104-72-58(92)53(87)52(86)47(107-72)41-102-36-26-16-15-25-34-76-48(82)31-23-24-32-49(83)77-35-37-103-71-60(94)56(90)64(45(38-79)105-71)109-75-63(97)66(62(96)68(112-75)70(100)101)110-73-61(95)57(91)65(46(39-80)106-73)108-74-59(93)54(88)55(89)67(111-74)69(98)99/h17,19-20,28-29,43-47,51-68,71-75,79-81,85-97H,2-16,18,21-27,30-41H2,1H3,(H,76,82)(H,77,83)(H,78,84)(H,98,99)(H,100,101)/t43-,44+,45?,46?,47?,51-,52?,53?,54?,55?,56?,57?,58?,59?,60?,61?,62?,63?,64?,65?,66?,67?,68?,71?,72?,73?,74?,75?/m0/s1. The summed E-state index contributed by atoms with van der Waals surface area (Å²) in [6.07, 6.45) is -29.5. The molecule has 37 nitrogen and oxygen atoms in total. The Morgan fingerprint density at radius 3 is 1.46 bits per heavy atom. The van der Waals surface area contributed by atoms with Gasteiger partial charge in [-0.05, 0) is 56.9 Å². The summed E-state index contributed by atoms with van der Waals surface area (Å²) in [5.41, 5.74) is 1.25. The zero-order valence-corrected chi connectivity index (χ0v) is 63.9. The van der Waals surface area contributed by atoms with Crippen LogP contribution in [0.3, 0.4) is 0 Å². The lowest BCUT2D eigenvalue weighted by Crippen LogP contribution is -2.68. The SMILES string of the molecule is CCCCCCCCCCCCCC[C@@H](O)[C@@H](O)[C@H](COC1OC(COCCCCCCNC(=O)CCCCC(=O)NCCOC2OC(CO)C(OC3OC(C(=O)O)C(O)C(OC4OC(CO)C(OC5OC(C(=O)O)C(O)C(O)C5O)C(O)C4O)C3O)C(O)C2O)C(O)C(O)C1O)NC(=O)CCCCCCc1ccccc1. The van der Waals surface area contributed by atoms with Gasteiger partial charge in [-0.3, -0.25) is 14.4 Å². The Labute approximate surface area is 652 Å². The molecule has 21 N–H and O–H groups in total. The summed E-state index contributed by atoms with van der Waals surface area (Å²) in [6.45, 7) is -0.146. The Morgan fingerprint density at radius 2 is 0.866 bits per heavy atom. The lowest BCUT2D eigenvalue weighted by molar-refractivity contribution is -0.385. The van der Waals surface area contributed by atoms with Crippen LogP contribution in [0, 0.1) is 0 Å². The molecule has 0 radical (unpaired) electrons. The summed E-state index contributed by atoms with van der Waals surface area (Å²) in [6, 6.07) is 9.08. The van der Waals surface area contributed by atoms with E-state index in [1.807, 2.05) is 18.2 Å². The van der Waals surface area contributed by atoms with Crippen LogP contribution in [0.4, 0.5) is 0 Å². The van der Waals surface area contributed by atoms with Crippen molar-refractivity contribution in [1.29, 1.82) is 0 Å². The van der Waals surface area contributed by atoms with Crippen LogP contribution in [0.25, 0.3) is 0 Å². The first-order chi connectivity index (χ1) is 53.7. The first kappa shape index (κ1) is 96.3. The molecule has 5 saturated heterocycles. The molecule has 5 heterocycles. The fourth-order valence-electron chi connectivity index (χ4n) is 14.0. The number of hydrogen-bond donors (Lipinski definition) is 21. The topological polar surface area (TPSA) is 587 Å². The number of ether oxygens (including phenoxy) is 11. The van der Waals surface area contributed by atoms with Gasteiger partial charge in [0.25, 0.3) is 0 Å². The molecule has 1 aromatic rings. The summed E-state index contributed by atoms with van der Waals surface area (Å²) < 4.78 is 61.4. The van der Waals surface area contributed by atoms with Gasteiger partial charge >= 0.3 is 11.9 Å². The third kappa shape index (κ3) is 30.8. The number of aliphatic hydroxyl groups is 16. The summed E-state index contributed by atoms with van der Waals surface area (Å²) in [4.78, 5) is 62.5. The Bertz CT molecular complexity index is 2790. The second-order valence-electron chi connectivity index (χ2n) is 29.6. The molecule has 6 rings (SSSR count). The molecule has 5 aliphatic rings. The Balaban J connectivity index is 0.830. The highest BCUT2D eigenvalue weighted by atomic mass is 16.8. The maximum atomic E-state index is 13.3. The summed E-state index contributed by atoms with van der Waals surface area (Å²) in [5.74, 6) is -4.60. The molecule has 1 aromatic carbocycles. The van der Waals surface area contributed by atoms with E-state index in [-0.39, 0.29) is 64.0 Å². The molecule has 646 valence electrons. The maximum absolute atomic E-state index is 13.3. The van der Waals surface area contributed by atoms with E-state index in [9.17, 15) is 116 Å². The number of nitrogens with one attached hydrogen (secondary N) is 3. The maximum Gasteiger partial charge on any atom is 0.335 e. The van der Waals surface area contributed by atoms with Crippen molar-refractivity contribution in [3.05, 3.63) is 35.9 Å². The van der Waals surface area contributed by atoms with Crippen molar-refractivity contribution < 1.29 is 168 Å². The van der Waals surface area contributed by atoms with Crippen LogP contribution < -0.4 is 16.0 Å². The van der Waals surface area contributed by atoms with Crippen LogP contribution >= 0.6 is 0 Å². The zero-order valence-electron chi connectivity index (χ0n) is 63.9. The van der Waals surface area contributed by atoms with Gasteiger partial charge in [-0.1, -0.05) is 140 Å². The average Bonchev–Trinajstić information content (AvgIpc) is 0.777. The van der Waals surface area contributed by atoms with Gasteiger partial charge < -0.3 is 160 Å². The number of carbonyl (C=O) groups is 5. The number of rotatable bonds is 54. The van der Waals surface area contributed by atoms with E-state index >= 15 is 0 Å². The van der Waals surface area contributed by atoms with Crippen LogP contribution in [0.5, 0.6) is 0 Å². The van der Waals surface area contributed by atoms with Gasteiger partial charge in [0.15, 0.2) is 43.7 Å². The van der Waals surface area contributed by atoms with Crippen LogP contribution in [0.1, 0.15) is 179 Å². The highest BCUT2D eigenvalue weighted by Crippen LogP contribution is 2.36. The van der Waals surface area contributed by atoms with E-state index in [2.05, 4.69) is 35.0 Å². The van der Waals surface area contributed by atoms with Gasteiger partial charge in [0.2, 0.25) is 17.7 Å². The fourth-order valence-corrected chi connectivity index (χ4v) is 14.0. The minimum absolute atomic E-state index is 0.0364. The second kappa shape index (κ2) is 51.6. The fraction of sp³-hybridized carbons (Fsp3) is 0.853. The number of amides is 3. The summed E-state index contributed by atoms with van der Waals surface area (Å²) in [7, 11) is 0. The molecule has 37 heteroatoms. The molecule has 5 aliphatic heterocycles. The van der Waals surface area contributed by atoms with E-state index < -0.39 is 203 Å². The minimum Gasteiger partial charge on any atom is -0.479 e. The lowest BCUT2D eigenvalue weighted by Gasteiger charge is -2.48. The molecular formula is C75H127N3O34. The number of aliphatic hydroxyl groups excluding tert-OH is 16. The first-order valence-corrected chi connectivity index (χ1v) is 39.8. The summed E-state index contributed by atoms with van der Waals surface area (Å²) >= 11 is 0. The first-order valence-electron chi connectivity index (χ1n) is 39.8. The van der Waals surface area contributed by atoms with E-state index in [0.717, 1.165) is 57.8 Å². The number of carbonyl (C=O) groups excluding carboxylic acids is 3. The number of carboxylic acids is 2. The second-order valence-corrected chi connectivity index (χ2v) is 29.6.